The van der Waals surface area contributed by atoms with E-state index < -0.39 is 24.0 Å². The Bertz CT molecular complexity index is 747. The minimum Gasteiger partial charge on any atom is -0.481 e. The van der Waals surface area contributed by atoms with Crippen molar-refractivity contribution in [2.75, 3.05) is 0 Å². The maximum absolute atomic E-state index is 12.3. The third-order valence-corrected chi connectivity index (χ3v) is 3.99. The molecule has 0 saturated carbocycles. The van der Waals surface area contributed by atoms with Gasteiger partial charge in [0.15, 0.2) is 6.10 Å². The second-order valence-electron chi connectivity index (χ2n) is 5.84. The average Bonchev–Trinajstić information content (AvgIpc) is 2.59. The summed E-state index contributed by atoms with van der Waals surface area (Å²) in [7, 11) is 0. The van der Waals surface area contributed by atoms with Crippen molar-refractivity contribution in [3.05, 3.63) is 65.2 Å². The topological polar surface area (TPSA) is 93.4 Å². The lowest BCUT2D eigenvalue weighted by atomic mass is 10.1. The van der Waals surface area contributed by atoms with E-state index in [1.165, 1.54) is 0 Å². The summed E-state index contributed by atoms with van der Waals surface area (Å²) in [4.78, 5) is 23.9. The van der Waals surface area contributed by atoms with E-state index in [1.54, 1.807) is 31.2 Å². The highest BCUT2D eigenvalue weighted by Crippen LogP contribution is 2.21. The summed E-state index contributed by atoms with van der Waals surface area (Å²) in [6.07, 6.45) is -0.739. The van der Waals surface area contributed by atoms with Crippen molar-refractivity contribution in [3.63, 3.8) is 0 Å². The average molecular weight is 341 g/mol. The molecule has 0 aliphatic rings. The van der Waals surface area contributed by atoms with E-state index in [0.29, 0.717) is 11.3 Å². The first-order chi connectivity index (χ1) is 11.9. The van der Waals surface area contributed by atoms with E-state index in [4.69, 9.17) is 10.5 Å². The predicted octanol–water partition coefficient (Wildman–Crippen LogP) is 1.92. The highest BCUT2D eigenvalue weighted by Gasteiger charge is 2.21. The summed E-state index contributed by atoms with van der Waals surface area (Å²) in [6.45, 7) is 5.55. The second kappa shape index (κ2) is 8.30. The van der Waals surface area contributed by atoms with Crippen LogP contribution in [0.2, 0.25) is 0 Å². The summed E-state index contributed by atoms with van der Waals surface area (Å²) in [5.41, 5.74) is 13.3. The number of nitrogens with two attached hydrogens (primary N) is 1. The normalized spacial score (nSPS) is 12.9. The van der Waals surface area contributed by atoms with Crippen LogP contribution in [0, 0.1) is 13.8 Å². The molecular formula is C19H23N3O3. The van der Waals surface area contributed by atoms with Crippen LogP contribution in [-0.2, 0) is 9.59 Å². The Hall–Kier alpha value is -2.86. The van der Waals surface area contributed by atoms with Crippen molar-refractivity contribution < 1.29 is 14.3 Å². The number of carbonyl (C=O) groups excluding carboxylic acids is 2. The fraction of sp³-hybridized carbons (Fsp3) is 0.263. The van der Waals surface area contributed by atoms with Gasteiger partial charge in [0, 0.05) is 0 Å². The molecule has 2 amide bonds. The Kier molecular flexibility index (Phi) is 6.14. The molecule has 0 aliphatic heterocycles. The number of primary amides is 1. The minimum absolute atomic E-state index is 0.400. The number of benzene rings is 2. The van der Waals surface area contributed by atoms with Gasteiger partial charge in [-0.05, 0) is 43.5 Å². The molecular weight excluding hydrogens is 318 g/mol. The van der Waals surface area contributed by atoms with Crippen molar-refractivity contribution in [1.29, 1.82) is 0 Å². The van der Waals surface area contributed by atoms with E-state index >= 15 is 0 Å². The number of carbonyl (C=O) groups is 2. The lowest BCUT2D eigenvalue weighted by molar-refractivity contribution is -0.129. The molecule has 2 unspecified atom stereocenters. The Balaban J connectivity index is 1.98. The molecule has 2 rings (SSSR count). The number of aryl methyl sites for hydroxylation is 1. The molecule has 0 saturated heterocycles. The highest BCUT2D eigenvalue weighted by molar-refractivity contribution is 5.83. The molecule has 4 N–H and O–H groups in total. The van der Waals surface area contributed by atoms with Crippen LogP contribution >= 0.6 is 0 Å². The van der Waals surface area contributed by atoms with Gasteiger partial charge in [-0.2, -0.15) is 0 Å². The van der Waals surface area contributed by atoms with Gasteiger partial charge in [-0.25, -0.2) is 5.43 Å². The van der Waals surface area contributed by atoms with E-state index in [1.807, 2.05) is 38.1 Å². The predicted molar refractivity (Wildman–Crippen MR) is 95.7 cm³/mol. The standard InChI is InChI=1S/C19H23N3O3/c1-12-8-7-11-16(13(12)2)25-14(3)19(24)22-21-17(18(20)23)15-9-5-4-6-10-15/h4-11,14,17,21H,1-3H3,(H2,20,23)(H,22,24). The zero-order chi connectivity index (χ0) is 18.4. The van der Waals surface area contributed by atoms with Gasteiger partial charge < -0.3 is 10.5 Å². The van der Waals surface area contributed by atoms with Crippen LogP contribution in [0.15, 0.2) is 48.5 Å². The zero-order valence-electron chi connectivity index (χ0n) is 14.6. The number of hydrogen-bond acceptors (Lipinski definition) is 4. The van der Waals surface area contributed by atoms with Gasteiger partial charge in [0.1, 0.15) is 11.8 Å². The van der Waals surface area contributed by atoms with Gasteiger partial charge in [0.25, 0.3) is 5.91 Å². The van der Waals surface area contributed by atoms with Crippen LogP contribution in [0.4, 0.5) is 0 Å². The first kappa shape index (κ1) is 18.5. The number of ether oxygens (including phenoxy) is 1. The summed E-state index contributed by atoms with van der Waals surface area (Å²) in [5, 5.41) is 0. The molecule has 0 aromatic heterocycles. The number of hydrazine groups is 1. The van der Waals surface area contributed by atoms with Crippen molar-refractivity contribution in [1.82, 2.24) is 10.9 Å². The molecule has 6 nitrogen and oxygen atoms in total. The van der Waals surface area contributed by atoms with Gasteiger partial charge in [-0.15, -0.1) is 0 Å². The van der Waals surface area contributed by atoms with Crippen molar-refractivity contribution >= 4 is 11.8 Å². The van der Waals surface area contributed by atoms with Crippen LogP contribution < -0.4 is 21.3 Å². The number of hydrogen-bond donors (Lipinski definition) is 3. The van der Waals surface area contributed by atoms with Gasteiger partial charge in [-0.1, -0.05) is 42.5 Å². The van der Waals surface area contributed by atoms with Crippen LogP contribution in [0.25, 0.3) is 0 Å². The summed E-state index contributed by atoms with van der Waals surface area (Å²) in [6, 6.07) is 13.8. The lowest BCUT2D eigenvalue weighted by Crippen LogP contribution is -2.49. The number of nitrogens with one attached hydrogen (secondary N) is 2. The van der Waals surface area contributed by atoms with Crippen molar-refractivity contribution in [2.45, 2.75) is 32.9 Å². The third-order valence-electron chi connectivity index (χ3n) is 3.99. The number of amides is 2. The largest absolute Gasteiger partial charge is 0.481 e. The van der Waals surface area contributed by atoms with Gasteiger partial charge >= 0.3 is 0 Å². The minimum atomic E-state index is -0.821. The summed E-state index contributed by atoms with van der Waals surface area (Å²) >= 11 is 0. The van der Waals surface area contributed by atoms with Crippen LogP contribution in [0.1, 0.15) is 29.7 Å². The molecule has 25 heavy (non-hydrogen) atoms. The Morgan fingerprint density at radius 1 is 1.04 bits per heavy atom. The van der Waals surface area contributed by atoms with E-state index in [0.717, 1.165) is 11.1 Å². The molecule has 2 atom stereocenters. The Morgan fingerprint density at radius 2 is 1.72 bits per heavy atom. The van der Waals surface area contributed by atoms with Gasteiger partial charge in [0.2, 0.25) is 5.91 Å². The maximum Gasteiger partial charge on any atom is 0.274 e. The Labute approximate surface area is 147 Å². The second-order valence-corrected chi connectivity index (χ2v) is 5.84. The first-order valence-electron chi connectivity index (χ1n) is 8.02. The molecule has 132 valence electrons. The molecule has 0 bridgehead atoms. The highest BCUT2D eigenvalue weighted by atomic mass is 16.5. The fourth-order valence-electron chi connectivity index (χ4n) is 2.30. The zero-order valence-corrected chi connectivity index (χ0v) is 14.6. The fourth-order valence-corrected chi connectivity index (χ4v) is 2.30. The summed E-state index contributed by atoms with van der Waals surface area (Å²) in [5.74, 6) is -0.338. The first-order valence-corrected chi connectivity index (χ1v) is 8.02. The van der Waals surface area contributed by atoms with Crippen LogP contribution in [0.3, 0.4) is 0 Å². The van der Waals surface area contributed by atoms with Gasteiger partial charge in [0.05, 0.1) is 0 Å². The van der Waals surface area contributed by atoms with Crippen LogP contribution in [0.5, 0.6) is 5.75 Å². The third kappa shape index (κ3) is 4.81. The Morgan fingerprint density at radius 3 is 2.36 bits per heavy atom. The van der Waals surface area contributed by atoms with Gasteiger partial charge in [-0.3, -0.25) is 15.0 Å². The number of rotatable bonds is 7. The molecule has 0 spiro atoms. The lowest BCUT2D eigenvalue weighted by Gasteiger charge is -2.20. The summed E-state index contributed by atoms with van der Waals surface area (Å²) < 4.78 is 5.72. The molecule has 2 aromatic rings. The maximum atomic E-state index is 12.3. The SMILES string of the molecule is Cc1cccc(OC(C)C(=O)NNC(C(N)=O)c2ccccc2)c1C. The monoisotopic (exact) mass is 341 g/mol. The van der Waals surface area contributed by atoms with Crippen molar-refractivity contribution in [2.24, 2.45) is 5.73 Å². The molecule has 0 fully saturated rings. The molecule has 2 aromatic carbocycles. The molecule has 0 radical (unpaired) electrons. The van der Waals surface area contributed by atoms with E-state index in [2.05, 4.69) is 10.9 Å². The smallest absolute Gasteiger partial charge is 0.274 e. The molecule has 6 heteroatoms. The molecule has 0 aliphatic carbocycles. The quantitative estimate of drug-likeness (QED) is 0.671. The van der Waals surface area contributed by atoms with E-state index in [9.17, 15) is 9.59 Å². The molecule has 0 heterocycles. The van der Waals surface area contributed by atoms with Crippen LogP contribution in [-0.4, -0.2) is 17.9 Å². The van der Waals surface area contributed by atoms with E-state index in [-0.39, 0.29) is 0 Å². The van der Waals surface area contributed by atoms with Crippen molar-refractivity contribution in [3.8, 4) is 5.75 Å².